The molecular formula is C13H16ClNO. The molecule has 1 saturated heterocycles. The minimum atomic E-state index is 0.286. The molecule has 0 bridgehead atoms. The fraction of sp³-hybridized carbons (Fsp3) is 0.385. The van der Waals surface area contributed by atoms with Gasteiger partial charge < -0.3 is 9.72 Å². The van der Waals surface area contributed by atoms with Gasteiger partial charge >= 0.3 is 0 Å². The standard InChI is InChI=1S/C8H7N.C5H9ClO/c1-2-4-8-7(3-1)5-6-9-8;6-5-2-1-3-7-4-5/h1-6,9H;5H,1-4H2. The molecule has 1 fully saturated rings. The lowest BCUT2D eigenvalue weighted by atomic mass is 10.2. The summed E-state index contributed by atoms with van der Waals surface area (Å²) in [4.78, 5) is 3.12. The van der Waals surface area contributed by atoms with Crippen LogP contribution < -0.4 is 0 Å². The van der Waals surface area contributed by atoms with Crippen molar-refractivity contribution < 1.29 is 4.74 Å². The highest BCUT2D eigenvalue weighted by Crippen LogP contribution is 2.10. The fourth-order valence-electron chi connectivity index (χ4n) is 1.70. The minimum absolute atomic E-state index is 0.286. The Balaban J connectivity index is 0.000000125. The number of fused-ring (bicyclic) bond motifs is 1. The summed E-state index contributed by atoms with van der Waals surface area (Å²) in [6, 6.07) is 10.3. The Hall–Kier alpha value is -0.990. The average molecular weight is 238 g/mol. The van der Waals surface area contributed by atoms with Gasteiger partial charge in [-0.15, -0.1) is 11.6 Å². The molecule has 2 nitrogen and oxygen atoms in total. The van der Waals surface area contributed by atoms with Crippen LogP contribution >= 0.6 is 11.6 Å². The maximum absolute atomic E-state index is 5.69. The molecule has 1 aliphatic heterocycles. The molecule has 1 aromatic heterocycles. The van der Waals surface area contributed by atoms with Gasteiger partial charge in [-0.1, -0.05) is 18.2 Å². The number of hydrogen-bond donors (Lipinski definition) is 1. The highest BCUT2D eigenvalue weighted by Gasteiger charge is 2.08. The number of aromatic nitrogens is 1. The molecule has 1 aromatic carbocycles. The first kappa shape index (κ1) is 11.5. The molecule has 3 heteroatoms. The third-order valence-corrected chi connectivity index (χ3v) is 2.91. The van der Waals surface area contributed by atoms with Crippen LogP contribution in [0.3, 0.4) is 0 Å². The van der Waals surface area contributed by atoms with Crippen molar-refractivity contribution in [1.29, 1.82) is 0 Å². The van der Waals surface area contributed by atoms with E-state index in [4.69, 9.17) is 16.3 Å². The smallest absolute Gasteiger partial charge is 0.0630 e. The van der Waals surface area contributed by atoms with E-state index in [1.165, 1.54) is 10.9 Å². The number of ether oxygens (including phenoxy) is 1. The van der Waals surface area contributed by atoms with E-state index in [1.54, 1.807) is 0 Å². The van der Waals surface area contributed by atoms with Gasteiger partial charge in [-0.05, 0) is 30.4 Å². The number of benzene rings is 1. The number of nitrogens with one attached hydrogen (secondary N) is 1. The molecule has 1 aliphatic rings. The van der Waals surface area contributed by atoms with Crippen LogP contribution in [0.2, 0.25) is 0 Å². The second-order valence-corrected chi connectivity index (χ2v) is 4.50. The first-order chi connectivity index (χ1) is 7.86. The van der Waals surface area contributed by atoms with Crippen molar-refractivity contribution in [2.24, 2.45) is 0 Å². The van der Waals surface area contributed by atoms with Crippen LogP contribution in [0.4, 0.5) is 0 Å². The number of halogens is 1. The third-order valence-electron chi connectivity index (χ3n) is 2.57. The average Bonchev–Trinajstić information content (AvgIpc) is 2.79. The molecule has 0 radical (unpaired) electrons. The predicted molar refractivity (Wildman–Crippen MR) is 68.0 cm³/mol. The van der Waals surface area contributed by atoms with Crippen LogP contribution in [-0.2, 0) is 4.74 Å². The van der Waals surface area contributed by atoms with E-state index in [1.807, 2.05) is 18.3 Å². The Kier molecular flexibility index (Phi) is 4.25. The van der Waals surface area contributed by atoms with Gasteiger partial charge in [0.2, 0.25) is 0 Å². The van der Waals surface area contributed by atoms with E-state index in [9.17, 15) is 0 Å². The zero-order valence-corrected chi connectivity index (χ0v) is 9.91. The normalized spacial score (nSPS) is 20.2. The van der Waals surface area contributed by atoms with Gasteiger partial charge in [0.1, 0.15) is 0 Å². The summed E-state index contributed by atoms with van der Waals surface area (Å²) in [5, 5.41) is 1.56. The van der Waals surface area contributed by atoms with Gasteiger partial charge in [0, 0.05) is 18.3 Å². The molecule has 0 amide bonds. The molecule has 0 aliphatic carbocycles. The lowest BCUT2D eigenvalue weighted by Crippen LogP contribution is -2.16. The van der Waals surface area contributed by atoms with Crippen molar-refractivity contribution in [3.8, 4) is 0 Å². The summed E-state index contributed by atoms with van der Waals surface area (Å²) >= 11 is 5.69. The molecule has 0 spiro atoms. The molecule has 0 saturated carbocycles. The van der Waals surface area contributed by atoms with Crippen LogP contribution in [0.1, 0.15) is 12.8 Å². The Morgan fingerprint density at radius 1 is 1.25 bits per heavy atom. The van der Waals surface area contributed by atoms with E-state index in [0.717, 1.165) is 26.1 Å². The maximum Gasteiger partial charge on any atom is 0.0630 e. The monoisotopic (exact) mass is 237 g/mol. The number of H-pyrrole nitrogens is 1. The van der Waals surface area contributed by atoms with Gasteiger partial charge in [0.25, 0.3) is 0 Å². The van der Waals surface area contributed by atoms with Gasteiger partial charge in [0.15, 0.2) is 0 Å². The van der Waals surface area contributed by atoms with Gasteiger partial charge in [-0.3, -0.25) is 0 Å². The molecule has 3 rings (SSSR count). The van der Waals surface area contributed by atoms with E-state index in [0.29, 0.717) is 0 Å². The van der Waals surface area contributed by atoms with Crippen molar-refractivity contribution in [3.05, 3.63) is 36.5 Å². The van der Waals surface area contributed by atoms with E-state index >= 15 is 0 Å². The Morgan fingerprint density at radius 2 is 2.12 bits per heavy atom. The predicted octanol–water partition coefficient (Wildman–Crippen LogP) is 3.57. The number of para-hydroxylation sites is 1. The van der Waals surface area contributed by atoms with E-state index in [2.05, 4.69) is 23.2 Å². The summed E-state index contributed by atoms with van der Waals surface area (Å²) < 4.78 is 5.05. The topological polar surface area (TPSA) is 25.0 Å². The second kappa shape index (κ2) is 5.92. The zero-order chi connectivity index (χ0) is 11.2. The van der Waals surface area contributed by atoms with Crippen molar-refractivity contribution in [2.45, 2.75) is 18.2 Å². The lowest BCUT2D eigenvalue weighted by Gasteiger charge is -2.14. The van der Waals surface area contributed by atoms with Gasteiger partial charge in [-0.2, -0.15) is 0 Å². The fourth-order valence-corrected chi connectivity index (χ4v) is 1.94. The summed E-state index contributed by atoms with van der Waals surface area (Å²) in [6.07, 6.45) is 4.21. The lowest BCUT2D eigenvalue weighted by molar-refractivity contribution is 0.0998. The molecule has 1 atom stereocenters. The number of alkyl halides is 1. The SMILES string of the molecule is ClC1CCCOC1.c1ccc2[nH]ccc2c1. The molecular weight excluding hydrogens is 222 g/mol. The maximum atomic E-state index is 5.69. The van der Waals surface area contributed by atoms with Crippen molar-refractivity contribution in [2.75, 3.05) is 13.2 Å². The summed E-state index contributed by atoms with van der Waals surface area (Å²) in [6.45, 7) is 1.66. The molecule has 86 valence electrons. The first-order valence-electron chi connectivity index (χ1n) is 5.60. The molecule has 16 heavy (non-hydrogen) atoms. The summed E-state index contributed by atoms with van der Waals surface area (Å²) in [7, 11) is 0. The number of rotatable bonds is 0. The minimum Gasteiger partial charge on any atom is -0.380 e. The van der Waals surface area contributed by atoms with Crippen molar-refractivity contribution in [1.82, 2.24) is 4.98 Å². The number of hydrogen-bond acceptors (Lipinski definition) is 1. The van der Waals surface area contributed by atoms with Crippen molar-refractivity contribution >= 4 is 22.5 Å². The van der Waals surface area contributed by atoms with Crippen LogP contribution in [-0.4, -0.2) is 23.6 Å². The Bertz CT molecular complexity index is 390. The van der Waals surface area contributed by atoms with Crippen LogP contribution in [0.5, 0.6) is 0 Å². The van der Waals surface area contributed by atoms with Gasteiger partial charge in [0.05, 0.1) is 12.0 Å². The van der Waals surface area contributed by atoms with E-state index < -0.39 is 0 Å². The Morgan fingerprint density at radius 3 is 2.75 bits per heavy atom. The highest BCUT2D eigenvalue weighted by molar-refractivity contribution is 6.20. The quantitative estimate of drug-likeness (QED) is 0.697. The van der Waals surface area contributed by atoms with Crippen molar-refractivity contribution in [3.63, 3.8) is 0 Å². The van der Waals surface area contributed by atoms with E-state index in [-0.39, 0.29) is 5.38 Å². The second-order valence-electron chi connectivity index (χ2n) is 3.88. The molecule has 1 unspecified atom stereocenters. The number of aromatic amines is 1. The van der Waals surface area contributed by atoms with Gasteiger partial charge in [-0.25, -0.2) is 0 Å². The zero-order valence-electron chi connectivity index (χ0n) is 9.16. The third kappa shape index (κ3) is 3.26. The summed E-state index contributed by atoms with van der Waals surface area (Å²) in [5.41, 5.74) is 1.21. The highest BCUT2D eigenvalue weighted by atomic mass is 35.5. The van der Waals surface area contributed by atoms with Crippen LogP contribution in [0, 0.1) is 0 Å². The van der Waals surface area contributed by atoms with Crippen LogP contribution in [0.25, 0.3) is 10.9 Å². The molecule has 2 aromatic rings. The van der Waals surface area contributed by atoms with Crippen LogP contribution in [0.15, 0.2) is 36.5 Å². The first-order valence-corrected chi connectivity index (χ1v) is 6.04. The largest absolute Gasteiger partial charge is 0.380 e. The molecule has 2 heterocycles. The molecule has 1 N–H and O–H groups in total. The Labute approximate surface area is 101 Å². The summed E-state index contributed by atoms with van der Waals surface area (Å²) in [5.74, 6) is 0.